The third-order valence-electron chi connectivity index (χ3n) is 4.20. The average molecular weight is 342 g/mol. The van der Waals surface area contributed by atoms with Crippen molar-refractivity contribution in [2.45, 2.75) is 24.6 Å². The summed E-state index contributed by atoms with van der Waals surface area (Å²) >= 11 is 0. The topological polar surface area (TPSA) is 147 Å². The summed E-state index contributed by atoms with van der Waals surface area (Å²) in [4.78, 5) is 26.0. The average Bonchev–Trinajstić information content (AvgIpc) is 3.04. The van der Waals surface area contributed by atoms with E-state index < -0.39 is 40.4 Å². The summed E-state index contributed by atoms with van der Waals surface area (Å²) in [6.45, 7) is 1.35. The summed E-state index contributed by atoms with van der Waals surface area (Å²) in [6.07, 6.45) is 1.11. The second-order valence-electron chi connectivity index (χ2n) is 5.91. The molecule has 0 radical (unpaired) electrons. The fourth-order valence-corrected chi connectivity index (χ4v) is 3.19. The molecule has 2 aromatic rings. The number of rotatable bonds is 3. The zero-order valence-corrected chi connectivity index (χ0v) is 13.1. The van der Waals surface area contributed by atoms with Gasteiger partial charge in [-0.15, -0.1) is 0 Å². The summed E-state index contributed by atoms with van der Waals surface area (Å²) in [6, 6.07) is 9.70. The Bertz CT molecular complexity index is 856. The van der Waals surface area contributed by atoms with E-state index in [0.29, 0.717) is 5.56 Å². The maximum Gasteiger partial charge on any atom is 0.490 e. The third kappa shape index (κ3) is 2.81. The van der Waals surface area contributed by atoms with Crippen LogP contribution in [0.2, 0.25) is 0 Å². The number of nitriles is 1. The van der Waals surface area contributed by atoms with Crippen molar-refractivity contribution < 1.29 is 14.8 Å². The quantitative estimate of drug-likeness (QED) is 0.609. The Kier molecular flexibility index (Phi) is 3.94. The number of aliphatic hydroxyl groups is 1. The van der Waals surface area contributed by atoms with E-state index in [9.17, 15) is 25.3 Å². The molecule has 0 aliphatic carbocycles. The van der Waals surface area contributed by atoms with Gasteiger partial charge >= 0.3 is 5.95 Å². The number of nitrogens with one attached hydrogen (secondary N) is 1. The van der Waals surface area contributed by atoms with Gasteiger partial charge in [0.25, 0.3) is 0 Å². The molecule has 1 fully saturated rings. The minimum absolute atomic E-state index is 0.618. The van der Waals surface area contributed by atoms with Crippen LogP contribution in [0.25, 0.3) is 0 Å². The first-order chi connectivity index (χ1) is 11.8. The van der Waals surface area contributed by atoms with Crippen LogP contribution in [0.4, 0.5) is 5.95 Å². The Labute approximate surface area is 141 Å². The van der Waals surface area contributed by atoms with Gasteiger partial charge in [-0.3, -0.25) is 4.79 Å². The molecular formula is C15H14N6O4. The highest BCUT2D eigenvalue weighted by Gasteiger charge is 2.53. The van der Waals surface area contributed by atoms with Gasteiger partial charge in [0.15, 0.2) is 5.72 Å². The van der Waals surface area contributed by atoms with E-state index in [-0.39, 0.29) is 0 Å². The standard InChI is InChI=1S/C15H14N6O4/c1-15(23)12(20-8-17-14(19-20)21(24)25)11(9-5-3-2-4-6-9)10(7-16)13(22)18-15/h2-6,8,10-12,23H,1H3,(H,18,22)/t10-,11+,12-,15-/m1/s1. The lowest BCUT2D eigenvalue weighted by Crippen LogP contribution is -2.61. The Hall–Kier alpha value is -3.32. The van der Waals surface area contributed by atoms with Crippen LogP contribution in [-0.4, -0.2) is 36.4 Å². The Morgan fingerprint density at radius 2 is 2.12 bits per heavy atom. The van der Waals surface area contributed by atoms with Gasteiger partial charge in [0.2, 0.25) is 12.2 Å². The fourth-order valence-electron chi connectivity index (χ4n) is 3.19. The van der Waals surface area contributed by atoms with Crippen LogP contribution in [-0.2, 0) is 4.79 Å². The first kappa shape index (κ1) is 16.5. The first-order valence-corrected chi connectivity index (χ1v) is 7.39. The molecule has 1 saturated heterocycles. The van der Waals surface area contributed by atoms with Gasteiger partial charge in [-0.2, -0.15) is 9.94 Å². The highest BCUT2D eigenvalue weighted by atomic mass is 16.6. The van der Waals surface area contributed by atoms with E-state index in [1.807, 2.05) is 6.07 Å². The van der Waals surface area contributed by atoms with Gasteiger partial charge in [-0.1, -0.05) is 35.3 Å². The molecule has 0 unspecified atom stereocenters. The van der Waals surface area contributed by atoms with Crippen molar-refractivity contribution in [2.24, 2.45) is 5.92 Å². The number of carbonyl (C=O) groups excluding carboxylic acids is 1. The molecule has 2 heterocycles. The molecule has 10 heteroatoms. The van der Waals surface area contributed by atoms with E-state index in [1.165, 1.54) is 6.92 Å². The van der Waals surface area contributed by atoms with E-state index >= 15 is 0 Å². The molecule has 3 rings (SSSR count). The number of aromatic nitrogens is 3. The van der Waals surface area contributed by atoms with Crippen LogP contribution in [0, 0.1) is 27.4 Å². The molecular weight excluding hydrogens is 328 g/mol. The van der Waals surface area contributed by atoms with Crippen LogP contribution in [0.1, 0.15) is 24.4 Å². The van der Waals surface area contributed by atoms with Crippen molar-refractivity contribution in [3.05, 3.63) is 52.3 Å². The predicted molar refractivity (Wildman–Crippen MR) is 82.8 cm³/mol. The van der Waals surface area contributed by atoms with Crippen molar-refractivity contribution in [1.29, 1.82) is 5.26 Å². The number of benzene rings is 1. The highest BCUT2D eigenvalue weighted by Crippen LogP contribution is 2.44. The zero-order chi connectivity index (χ0) is 18.2. The van der Waals surface area contributed by atoms with E-state index in [0.717, 1.165) is 11.0 Å². The molecule has 2 N–H and O–H groups in total. The molecule has 128 valence electrons. The summed E-state index contributed by atoms with van der Waals surface area (Å²) in [5.41, 5.74) is -1.15. The van der Waals surface area contributed by atoms with Crippen molar-refractivity contribution in [3.63, 3.8) is 0 Å². The second kappa shape index (κ2) is 5.95. The lowest BCUT2D eigenvalue weighted by Gasteiger charge is -2.43. The maximum atomic E-state index is 12.3. The SMILES string of the molecule is C[C@]1(O)NC(=O)[C@H](C#N)[C@H](c2ccccc2)[C@H]1n1cnc([N+](=O)[O-])n1. The Balaban J connectivity index is 2.16. The first-order valence-electron chi connectivity index (χ1n) is 7.39. The van der Waals surface area contributed by atoms with E-state index in [1.54, 1.807) is 30.3 Å². The Morgan fingerprint density at radius 3 is 2.68 bits per heavy atom. The molecule has 0 saturated carbocycles. The third-order valence-corrected chi connectivity index (χ3v) is 4.20. The number of amides is 1. The Morgan fingerprint density at radius 1 is 1.44 bits per heavy atom. The normalized spacial score (nSPS) is 28.8. The maximum absolute atomic E-state index is 12.3. The van der Waals surface area contributed by atoms with Gasteiger partial charge in [-0.25, -0.2) is 0 Å². The number of piperidine rings is 1. The lowest BCUT2D eigenvalue weighted by molar-refractivity contribution is -0.394. The van der Waals surface area contributed by atoms with E-state index in [2.05, 4.69) is 15.4 Å². The number of nitrogens with zero attached hydrogens (tertiary/aromatic N) is 5. The molecule has 1 amide bonds. The van der Waals surface area contributed by atoms with Crippen LogP contribution in [0.5, 0.6) is 0 Å². The minimum atomic E-state index is -1.79. The summed E-state index contributed by atoms with van der Waals surface area (Å²) in [7, 11) is 0. The predicted octanol–water partition coefficient (Wildman–Crippen LogP) is 0.489. The number of hydrogen-bond acceptors (Lipinski definition) is 7. The number of carbonyl (C=O) groups is 1. The highest BCUT2D eigenvalue weighted by molar-refractivity contribution is 5.84. The van der Waals surface area contributed by atoms with Gasteiger partial charge in [0.05, 0.1) is 6.07 Å². The molecule has 0 spiro atoms. The monoisotopic (exact) mass is 342 g/mol. The minimum Gasteiger partial charge on any atom is -0.390 e. The number of hydrogen-bond donors (Lipinski definition) is 2. The summed E-state index contributed by atoms with van der Waals surface area (Å²) in [5, 5.41) is 37.3. The van der Waals surface area contributed by atoms with Gasteiger partial charge in [0, 0.05) is 11.0 Å². The second-order valence-corrected chi connectivity index (χ2v) is 5.91. The van der Waals surface area contributed by atoms with Crippen molar-refractivity contribution in [2.75, 3.05) is 0 Å². The van der Waals surface area contributed by atoms with Crippen LogP contribution in [0.15, 0.2) is 36.7 Å². The zero-order valence-electron chi connectivity index (χ0n) is 13.1. The molecule has 25 heavy (non-hydrogen) atoms. The van der Waals surface area contributed by atoms with Crippen molar-refractivity contribution in [3.8, 4) is 6.07 Å². The van der Waals surface area contributed by atoms with Crippen LogP contribution >= 0.6 is 0 Å². The molecule has 1 aliphatic rings. The molecule has 4 atom stereocenters. The number of nitro groups is 1. The van der Waals surface area contributed by atoms with Gasteiger partial charge < -0.3 is 20.5 Å². The largest absolute Gasteiger partial charge is 0.490 e. The van der Waals surface area contributed by atoms with Crippen LogP contribution < -0.4 is 5.32 Å². The van der Waals surface area contributed by atoms with Gasteiger partial charge in [-0.05, 0) is 17.4 Å². The fraction of sp³-hybridized carbons (Fsp3) is 0.333. The van der Waals surface area contributed by atoms with E-state index in [4.69, 9.17) is 0 Å². The molecule has 10 nitrogen and oxygen atoms in total. The molecule has 0 bridgehead atoms. The molecule has 1 aliphatic heterocycles. The van der Waals surface area contributed by atoms with Crippen molar-refractivity contribution in [1.82, 2.24) is 20.1 Å². The molecule has 1 aromatic heterocycles. The summed E-state index contributed by atoms with van der Waals surface area (Å²) < 4.78 is 1.12. The smallest absolute Gasteiger partial charge is 0.390 e. The lowest BCUT2D eigenvalue weighted by atomic mass is 9.74. The van der Waals surface area contributed by atoms with Gasteiger partial charge in [0.1, 0.15) is 12.0 Å². The molecule has 1 aromatic carbocycles. The van der Waals surface area contributed by atoms with Crippen molar-refractivity contribution >= 4 is 11.9 Å². The summed E-state index contributed by atoms with van der Waals surface area (Å²) in [5.74, 6) is -3.12. The van der Waals surface area contributed by atoms with Crippen LogP contribution in [0.3, 0.4) is 0 Å².